The van der Waals surface area contributed by atoms with E-state index in [4.69, 9.17) is 17.0 Å². The van der Waals surface area contributed by atoms with Crippen LogP contribution in [0.3, 0.4) is 0 Å². The van der Waals surface area contributed by atoms with Crippen LogP contribution in [-0.4, -0.2) is 63.6 Å². The van der Waals surface area contributed by atoms with E-state index in [9.17, 15) is 9.59 Å². The van der Waals surface area contributed by atoms with Gasteiger partial charge in [0.05, 0.1) is 17.9 Å². The molecule has 242 valence electrons. The second-order valence-electron chi connectivity index (χ2n) is 10.6. The predicted molar refractivity (Wildman–Crippen MR) is 185 cm³/mol. The first-order valence-corrected chi connectivity index (χ1v) is 16.0. The molecule has 3 heterocycles. The highest BCUT2D eigenvalue weighted by Crippen LogP contribution is 2.35. The molecular weight excluding hydrogens is 602 g/mol. The third-order valence-electron chi connectivity index (χ3n) is 7.32. The van der Waals surface area contributed by atoms with Crippen LogP contribution < -0.4 is 20.9 Å². The largest absolute Gasteiger partial charge is 0.392 e. The van der Waals surface area contributed by atoms with Crippen LogP contribution in [0.2, 0.25) is 0 Å². The highest BCUT2D eigenvalue weighted by molar-refractivity contribution is 6.68. The maximum absolute atomic E-state index is 14.1. The summed E-state index contributed by atoms with van der Waals surface area (Å²) in [4.78, 5) is 41.5. The molecule has 46 heavy (non-hydrogen) atoms. The molecule has 2 aromatic carbocycles. The fourth-order valence-corrected chi connectivity index (χ4v) is 5.31. The minimum absolute atomic E-state index is 0.174. The molecule has 0 saturated carbocycles. The number of halogens is 1. The van der Waals surface area contributed by atoms with Crippen LogP contribution in [-0.2, 0) is 17.9 Å². The van der Waals surface area contributed by atoms with Crippen molar-refractivity contribution in [1.29, 1.82) is 5.41 Å². The summed E-state index contributed by atoms with van der Waals surface area (Å²) >= 11 is 5.93. The van der Waals surface area contributed by atoms with Crippen LogP contribution in [0.25, 0.3) is 0 Å². The summed E-state index contributed by atoms with van der Waals surface area (Å²) < 4.78 is 0. The van der Waals surface area contributed by atoms with Gasteiger partial charge in [-0.25, -0.2) is 14.7 Å². The lowest BCUT2D eigenvalue weighted by Gasteiger charge is -2.36. The number of anilines is 4. The number of piperidine rings is 1. The summed E-state index contributed by atoms with van der Waals surface area (Å²) in [6, 6.07) is 16.6. The SMILES string of the molecule is CC.CN/C=C(/Nc1ncc2c(n1)N(c1cccc(NC(=O)/C=C/CN3CCCCC3)c1)C(=O)N(Cc1ccccc1)C2)C(=N)Cl. The number of urea groups is 1. The number of aromatic nitrogens is 2. The number of allylic oxidation sites excluding steroid dienone is 1. The first-order chi connectivity index (χ1) is 22.4. The summed E-state index contributed by atoms with van der Waals surface area (Å²) in [7, 11) is 1.69. The van der Waals surface area contributed by atoms with Crippen molar-refractivity contribution in [2.24, 2.45) is 0 Å². The molecule has 1 aromatic heterocycles. The second-order valence-corrected chi connectivity index (χ2v) is 11.0. The maximum Gasteiger partial charge on any atom is 0.330 e. The Morgan fingerprint density at radius 2 is 1.80 bits per heavy atom. The number of likely N-dealkylation sites (tertiary alicyclic amines) is 1. The molecule has 4 N–H and O–H groups in total. The number of rotatable bonds is 11. The topological polar surface area (TPSA) is 130 Å². The van der Waals surface area contributed by atoms with Crippen molar-refractivity contribution in [2.75, 3.05) is 42.2 Å². The zero-order chi connectivity index (χ0) is 32.9. The molecular formula is C34H42ClN9O2. The van der Waals surface area contributed by atoms with Gasteiger partial charge in [-0.1, -0.05) is 74.3 Å². The molecule has 0 unspecified atom stereocenters. The molecule has 3 amide bonds. The Kier molecular flexibility index (Phi) is 12.7. The molecule has 2 aliphatic heterocycles. The molecule has 0 spiro atoms. The smallest absolute Gasteiger partial charge is 0.330 e. The van der Waals surface area contributed by atoms with Crippen LogP contribution in [0.4, 0.5) is 27.9 Å². The van der Waals surface area contributed by atoms with E-state index < -0.39 is 0 Å². The average molecular weight is 644 g/mol. The van der Waals surface area contributed by atoms with Gasteiger partial charge in [0, 0.05) is 49.9 Å². The first kappa shape index (κ1) is 34.1. The van der Waals surface area contributed by atoms with Gasteiger partial charge in [-0.15, -0.1) is 0 Å². The van der Waals surface area contributed by atoms with Crippen molar-refractivity contribution in [3.8, 4) is 0 Å². The Bertz CT molecular complexity index is 1560. The Hall–Kier alpha value is -4.74. The number of nitrogens with zero attached hydrogens (tertiary/aromatic N) is 5. The summed E-state index contributed by atoms with van der Waals surface area (Å²) in [6.45, 7) is 7.56. The normalized spacial score (nSPS) is 15.1. The van der Waals surface area contributed by atoms with E-state index in [-0.39, 0.29) is 28.8 Å². The van der Waals surface area contributed by atoms with Crippen LogP contribution in [0.1, 0.15) is 44.2 Å². The Morgan fingerprint density at radius 1 is 1.04 bits per heavy atom. The number of benzene rings is 2. The van der Waals surface area contributed by atoms with Crippen LogP contribution in [0, 0.1) is 5.41 Å². The number of fused-ring (bicyclic) bond motifs is 1. The van der Waals surface area contributed by atoms with Crippen LogP contribution in [0.5, 0.6) is 0 Å². The van der Waals surface area contributed by atoms with Crippen molar-refractivity contribution in [1.82, 2.24) is 25.1 Å². The zero-order valence-corrected chi connectivity index (χ0v) is 27.3. The number of nitrogens with one attached hydrogen (secondary N) is 4. The summed E-state index contributed by atoms with van der Waals surface area (Å²) in [6.07, 6.45) is 10.3. The van der Waals surface area contributed by atoms with Crippen molar-refractivity contribution in [3.05, 3.63) is 96.0 Å². The van der Waals surface area contributed by atoms with Gasteiger partial charge < -0.3 is 20.9 Å². The molecule has 0 radical (unpaired) electrons. The van der Waals surface area contributed by atoms with Gasteiger partial charge >= 0.3 is 6.03 Å². The molecule has 0 bridgehead atoms. The fraction of sp³-hybridized carbons (Fsp3) is 0.324. The van der Waals surface area contributed by atoms with E-state index in [2.05, 4.69) is 30.8 Å². The zero-order valence-electron chi connectivity index (χ0n) is 26.6. The quantitative estimate of drug-likeness (QED) is 0.140. The van der Waals surface area contributed by atoms with Gasteiger partial charge in [-0.05, 0) is 49.7 Å². The van der Waals surface area contributed by atoms with E-state index >= 15 is 0 Å². The van der Waals surface area contributed by atoms with Gasteiger partial charge in [0.1, 0.15) is 5.17 Å². The number of carbonyl (C=O) groups excluding carboxylic acids is 2. The van der Waals surface area contributed by atoms with Gasteiger partial charge in [0.15, 0.2) is 5.82 Å². The summed E-state index contributed by atoms with van der Waals surface area (Å²) in [5.74, 6) is 0.330. The van der Waals surface area contributed by atoms with Crippen molar-refractivity contribution >= 4 is 51.9 Å². The Balaban J connectivity index is 0.00000235. The average Bonchev–Trinajstić information content (AvgIpc) is 3.07. The number of carbonyl (C=O) groups is 2. The molecule has 12 heteroatoms. The number of amides is 3. The Morgan fingerprint density at radius 3 is 2.52 bits per heavy atom. The van der Waals surface area contributed by atoms with Crippen LogP contribution >= 0.6 is 11.6 Å². The lowest BCUT2D eigenvalue weighted by atomic mass is 10.1. The minimum Gasteiger partial charge on any atom is -0.392 e. The molecule has 0 atom stereocenters. The van der Waals surface area contributed by atoms with E-state index in [1.165, 1.54) is 30.4 Å². The van der Waals surface area contributed by atoms with Gasteiger partial charge in [-0.2, -0.15) is 4.98 Å². The van der Waals surface area contributed by atoms with Gasteiger partial charge in [0.25, 0.3) is 0 Å². The van der Waals surface area contributed by atoms with E-state index in [0.717, 1.165) is 30.8 Å². The third kappa shape index (κ3) is 9.15. The van der Waals surface area contributed by atoms with Gasteiger partial charge in [-0.3, -0.25) is 15.1 Å². The molecule has 0 aliphatic carbocycles. The monoisotopic (exact) mass is 643 g/mol. The second kappa shape index (κ2) is 17.1. The van der Waals surface area contributed by atoms with Crippen molar-refractivity contribution < 1.29 is 9.59 Å². The van der Waals surface area contributed by atoms with Crippen LogP contribution in [0.15, 0.2) is 84.8 Å². The predicted octanol–water partition coefficient (Wildman–Crippen LogP) is 6.45. The van der Waals surface area contributed by atoms with E-state index in [1.807, 2.05) is 50.3 Å². The Labute approximate surface area is 275 Å². The standard InChI is InChI=1S/C32H36ClN9O2.C2H6/c1-35-20-27(29(33)34)38-31-36-19-24-22-41(21-23-10-4-2-5-11-23)32(44)42(30(24)39-31)26-13-8-12-25(18-26)37-28(43)14-9-17-40-15-6-3-7-16-40;1-2/h2,4-5,8-14,18-20,34-35H,3,6-7,15-17,21-22H2,1H3,(H,37,43)(H,36,38,39);1-2H3/b14-9+,27-20+,34-29?;. The number of hydrogen-bond donors (Lipinski definition) is 4. The molecule has 5 rings (SSSR count). The van der Waals surface area contributed by atoms with Crippen molar-refractivity contribution in [2.45, 2.75) is 46.2 Å². The minimum atomic E-state index is -0.271. The van der Waals surface area contributed by atoms with Gasteiger partial charge in [0.2, 0.25) is 11.9 Å². The molecule has 11 nitrogen and oxygen atoms in total. The molecule has 1 saturated heterocycles. The summed E-state index contributed by atoms with van der Waals surface area (Å²) in [5.41, 5.74) is 3.08. The summed E-state index contributed by atoms with van der Waals surface area (Å²) in [5, 5.41) is 16.3. The fourth-order valence-electron chi connectivity index (χ4n) is 5.21. The highest BCUT2D eigenvalue weighted by atomic mass is 35.5. The van der Waals surface area contributed by atoms with E-state index in [0.29, 0.717) is 30.3 Å². The number of hydrogen-bond acceptors (Lipinski definition) is 8. The lowest BCUT2D eigenvalue weighted by Crippen LogP contribution is -2.45. The highest BCUT2D eigenvalue weighted by Gasteiger charge is 2.34. The van der Waals surface area contributed by atoms with E-state index in [1.54, 1.807) is 48.5 Å². The lowest BCUT2D eigenvalue weighted by molar-refractivity contribution is -0.111. The molecule has 1 fully saturated rings. The first-order valence-electron chi connectivity index (χ1n) is 15.6. The van der Waals surface area contributed by atoms with Crippen molar-refractivity contribution in [3.63, 3.8) is 0 Å². The third-order valence-corrected chi connectivity index (χ3v) is 7.52. The molecule has 2 aliphatic rings. The molecule has 3 aromatic rings. The maximum atomic E-state index is 14.1.